The van der Waals surface area contributed by atoms with Crippen LogP contribution in [0.1, 0.15) is 42.5 Å². The zero-order chi connectivity index (χ0) is 21.3. The predicted molar refractivity (Wildman–Crippen MR) is 138 cm³/mol. The maximum absolute atomic E-state index is 11.9. The average molecular weight is 538 g/mol. The van der Waals surface area contributed by atoms with Crippen LogP contribution >= 0.6 is 24.0 Å². The molecule has 7 heteroatoms. The van der Waals surface area contributed by atoms with E-state index in [1.54, 1.807) is 13.1 Å². The van der Waals surface area contributed by atoms with Crippen LogP contribution in [0.4, 0.5) is 0 Å². The molecule has 31 heavy (non-hydrogen) atoms. The molecule has 0 bridgehead atoms. The summed E-state index contributed by atoms with van der Waals surface area (Å²) in [5.74, 6) is 2.47. The first-order valence-electron chi connectivity index (χ1n) is 10.9. The van der Waals surface area contributed by atoms with Crippen LogP contribution in [0.25, 0.3) is 0 Å². The molecule has 1 fully saturated rings. The predicted octanol–water partition coefficient (Wildman–Crippen LogP) is 4.02. The lowest BCUT2D eigenvalue weighted by Gasteiger charge is -2.15. The molecular weight excluding hydrogens is 503 g/mol. The Hall–Kier alpha value is -2.03. The highest BCUT2D eigenvalue weighted by atomic mass is 127. The van der Waals surface area contributed by atoms with Crippen molar-refractivity contribution in [2.45, 2.75) is 52.6 Å². The van der Waals surface area contributed by atoms with Gasteiger partial charge in [0.15, 0.2) is 5.96 Å². The molecule has 0 radical (unpaired) electrons. The third-order valence-electron chi connectivity index (χ3n) is 5.43. The fraction of sp³-hybridized carbons (Fsp3) is 0.500. The molecule has 0 atom stereocenters. The van der Waals surface area contributed by atoms with Crippen LogP contribution in [0.2, 0.25) is 0 Å². The normalized spacial score (nSPS) is 13.5. The van der Waals surface area contributed by atoms with Crippen LogP contribution in [0.5, 0.6) is 5.75 Å². The molecule has 1 aromatic heterocycles. The summed E-state index contributed by atoms with van der Waals surface area (Å²) < 4.78 is 7.88. The van der Waals surface area contributed by atoms with E-state index in [-0.39, 0.29) is 29.5 Å². The second-order valence-corrected chi connectivity index (χ2v) is 8.08. The lowest BCUT2D eigenvalue weighted by atomic mass is 10.1. The van der Waals surface area contributed by atoms with E-state index >= 15 is 0 Å². The lowest BCUT2D eigenvalue weighted by molar-refractivity contribution is 0.296. The molecule has 1 aliphatic carbocycles. The van der Waals surface area contributed by atoms with Gasteiger partial charge in [-0.05, 0) is 63.1 Å². The van der Waals surface area contributed by atoms with Crippen LogP contribution in [-0.4, -0.2) is 30.7 Å². The van der Waals surface area contributed by atoms with Crippen molar-refractivity contribution in [3.8, 4) is 5.75 Å². The summed E-state index contributed by atoms with van der Waals surface area (Å²) in [6.07, 6.45) is 4.47. The SMILES string of the molecule is CN=C(NCCCCn1c(C)cccc1=O)NCc1ccc(C)cc1OCC1CC1.I. The summed E-state index contributed by atoms with van der Waals surface area (Å²) in [6.45, 7) is 7.08. The van der Waals surface area contributed by atoms with Crippen LogP contribution in [-0.2, 0) is 13.1 Å². The molecule has 0 aliphatic heterocycles. The number of aryl methyl sites for hydroxylation is 2. The molecule has 1 heterocycles. The minimum absolute atomic E-state index is 0. The Morgan fingerprint density at radius 1 is 1.16 bits per heavy atom. The number of hydrogen-bond acceptors (Lipinski definition) is 3. The van der Waals surface area contributed by atoms with Crippen molar-refractivity contribution in [3.05, 3.63) is 63.6 Å². The molecule has 1 aliphatic rings. The first kappa shape index (κ1) is 25.2. The zero-order valence-electron chi connectivity index (χ0n) is 18.8. The number of nitrogens with one attached hydrogen (secondary N) is 2. The number of hydrogen-bond donors (Lipinski definition) is 2. The molecular formula is C24H35IN4O2. The van der Waals surface area contributed by atoms with Crippen LogP contribution in [0.15, 0.2) is 46.2 Å². The third kappa shape index (κ3) is 8.20. The minimum atomic E-state index is 0. The molecule has 0 saturated heterocycles. The molecule has 3 rings (SSSR count). The van der Waals surface area contributed by atoms with Crippen LogP contribution in [0, 0.1) is 19.8 Å². The summed E-state index contributed by atoms with van der Waals surface area (Å²) in [7, 11) is 1.78. The Bertz CT molecular complexity index is 922. The second kappa shape index (κ2) is 12.7. The van der Waals surface area contributed by atoms with Gasteiger partial charge in [0, 0.05) is 44.0 Å². The first-order chi connectivity index (χ1) is 14.6. The fourth-order valence-electron chi connectivity index (χ4n) is 3.35. The van der Waals surface area contributed by atoms with Gasteiger partial charge in [-0.1, -0.05) is 18.2 Å². The van der Waals surface area contributed by atoms with Crippen molar-refractivity contribution in [1.29, 1.82) is 0 Å². The summed E-state index contributed by atoms with van der Waals surface area (Å²) in [6, 6.07) is 11.7. The molecule has 2 N–H and O–H groups in total. The number of aliphatic imine (C=N–C) groups is 1. The second-order valence-electron chi connectivity index (χ2n) is 8.08. The Labute approximate surface area is 202 Å². The van der Waals surface area contributed by atoms with Gasteiger partial charge >= 0.3 is 0 Å². The van der Waals surface area contributed by atoms with E-state index in [1.807, 2.05) is 23.6 Å². The fourth-order valence-corrected chi connectivity index (χ4v) is 3.35. The van der Waals surface area contributed by atoms with Crippen molar-refractivity contribution in [2.75, 3.05) is 20.2 Å². The summed E-state index contributed by atoms with van der Waals surface area (Å²) in [5.41, 5.74) is 3.42. The van der Waals surface area contributed by atoms with Gasteiger partial charge in [-0.25, -0.2) is 0 Å². The maximum Gasteiger partial charge on any atom is 0.250 e. The van der Waals surface area contributed by atoms with Gasteiger partial charge in [0.05, 0.1) is 6.61 Å². The van der Waals surface area contributed by atoms with Gasteiger partial charge in [-0.2, -0.15) is 0 Å². The Kier molecular flexibility index (Phi) is 10.4. The lowest BCUT2D eigenvalue weighted by Crippen LogP contribution is -2.37. The summed E-state index contributed by atoms with van der Waals surface area (Å²) >= 11 is 0. The maximum atomic E-state index is 11.9. The number of benzene rings is 1. The number of unbranched alkanes of at least 4 members (excludes halogenated alkanes) is 1. The summed E-state index contributed by atoms with van der Waals surface area (Å²) in [5, 5.41) is 6.74. The Morgan fingerprint density at radius 2 is 1.97 bits per heavy atom. The van der Waals surface area contributed by atoms with E-state index < -0.39 is 0 Å². The molecule has 6 nitrogen and oxygen atoms in total. The number of rotatable bonds is 10. The zero-order valence-corrected chi connectivity index (χ0v) is 21.1. The highest BCUT2D eigenvalue weighted by Crippen LogP contribution is 2.30. The van der Waals surface area contributed by atoms with Crippen molar-refractivity contribution in [2.24, 2.45) is 10.9 Å². The van der Waals surface area contributed by atoms with Gasteiger partial charge < -0.3 is 19.9 Å². The quantitative estimate of drug-likeness (QED) is 0.208. The largest absolute Gasteiger partial charge is 0.493 e. The molecule has 2 aromatic rings. The Morgan fingerprint density at radius 3 is 2.68 bits per heavy atom. The van der Waals surface area contributed by atoms with E-state index in [2.05, 4.69) is 40.7 Å². The smallest absolute Gasteiger partial charge is 0.250 e. The van der Waals surface area contributed by atoms with Gasteiger partial charge in [-0.3, -0.25) is 9.79 Å². The standard InChI is InChI=1S/C24H34N4O2.HI/c1-18-9-12-21(22(15-18)30-17-20-10-11-20)16-27-24(25-3)26-13-4-5-14-28-19(2)7-6-8-23(28)29;/h6-9,12,15,20H,4-5,10-11,13-14,16-17H2,1-3H3,(H2,25,26,27);1H. The van der Waals surface area contributed by atoms with Crippen molar-refractivity contribution >= 4 is 29.9 Å². The van der Waals surface area contributed by atoms with E-state index in [9.17, 15) is 4.79 Å². The molecule has 1 aromatic carbocycles. The van der Waals surface area contributed by atoms with E-state index in [0.717, 1.165) is 61.4 Å². The minimum Gasteiger partial charge on any atom is -0.493 e. The van der Waals surface area contributed by atoms with E-state index in [4.69, 9.17) is 4.74 Å². The van der Waals surface area contributed by atoms with Crippen molar-refractivity contribution in [1.82, 2.24) is 15.2 Å². The molecule has 0 spiro atoms. The topological polar surface area (TPSA) is 67.7 Å². The number of aromatic nitrogens is 1. The molecule has 170 valence electrons. The van der Waals surface area contributed by atoms with Gasteiger partial charge in [0.1, 0.15) is 5.75 Å². The molecule has 1 saturated carbocycles. The van der Waals surface area contributed by atoms with Gasteiger partial charge in [0.2, 0.25) is 0 Å². The van der Waals surface area contributed by atoms with Crippen LogP contribution < -0.4 is 20.9 Å². The van der Waals surface area contributed by atoms with Crippen molar-refractivity contribution < 1.29 is 4.74 Å². The number of pyridine rings is 1. The first-order valence-corrected chi connectivity index (χ1v) is 10.9. The molecule has 0 amide bonds. The average Bonchev–Trinajstić information content (AvgIpc) is 3.56. The monoisotopic (exact) mass is 538 g/mol. The Balaban J connectivity index is 0.00000341. The molecule has 0 unspecified atom stereocenters. The van der Waals surface area contributed by atoms with Gasteiger partial charge in [-0.15, -0.1) is 24.0 Å². The highest BCUT2D eigenvalue weighted by molar-refractivity contribution is 14.0. The number of guanidine groups is 1. The van der Waals surface area contributed by atoms with Gasteiger partial charge in [0.25, 0.3) is 5.56 Å². The highest BCUT2D eigenvalue weighted by Gasteiger charge is 2.22. The number of ether oxygens (including phenoxy) is 1. The van der Waals surface area contributed by atoms with E-state index in [1.165, 1.54) is 18.4 Å². The van der Waals surface area contributed by atoms with E-state index in [0.29, 0.717) is 6.54 Å². The number of halogens is 1. The van der Waals surface area contributed by atoms with Crippen LogP contribution in [0.3, 0.4) is 0 Å². The third-order valence-corrected chi connectivity index (χ3v) is 5.43. The number of nitrogens with zero attached hydrogens (tertiary/aromatic N) is 2. The van der Waals surface area contributed by atoms with Crippen molar-refractivity contribution in [3.63, 3.8) is 0 Å². The summed E-state index contributed by atoms with van der Waals surface area (Å²) in [4.78, 5) is 16.2.